The van der Waals surface area contributed by atoms with Crippen molar-refractivity contribution in [3.05, 3.63) is 35.9 Å². The summed E-state index contributed by atoms with van der Waals surface area (Å²) in [7, 11) is 0. The van der Waals surface area contributed by atoms with E-state index in [9.17, 15) is 4.79 Å². The first kappa shape index (κ1) is 17.9. The van der Waals surface area contributed by atoms with Gasteiger partial charge in [-0.25, -0.2) is 0 Å². The van der Waals surface area contributed by atoms with Crippen molar-refractivity contribution in [3.63, 3.8) is 0 Å². The van der Waals surface area contributed by atoms with E-state index in [1.807, 2.05) is 0 Å². The molecular formula is C25H35NO. The molecule has 0 spiro atoms. The molecule has 146 valence electrons. The monoisotopic (exact) mass is 365 g/mol. The lowest BCUT2D eigenvalue weighted by atomic mass is 9.34. The first-order valence-corrected chi connectivity index (χ1v) is 11.1. The average molecular weight is 366 g/mol. The summed E-state index contributed by atoms with van der Waals surface area (Å²) < 4.78 is 0. The van der Waals surface area contributed by atoms with E-state index in [4.69, 9.17) is 0 Å². The van der Waals surface area contributed by atoms with Gasteiger partial charge in [0, 0.05) is 11.8 Å². The van der Waals surface area contributed by atoms with Gasteiger partial charge in [0.2, 0.25) is 0 Å². The SMILES string of the molecule is CC12CC3(C)CC(C(=O)CC4CCNCC4)(C1)CC(c1ccccc1)(C2)C3. The maximum absolute atomic E-state index is 13.8. The molecule has 1 aromatic rings. The lowest BCUT2D eigenvalue weighted by Crippen LogP contribution is -2.63. The van der Waals surface area contributed by atoms with Gasteiger partial charge in [0.15, 0.2) is 0 Å². The Kier molecular flexibility index (Phi) is 3.93. The largest absolute Gasteiger partial charge is 0.317 e. The van der Waals surface area contributed by atoms with Crippen LogP contribution in [0.25, 0.3) is 0 Å². The number of nitrogens with one attached hydrogen (secondary N) is 1. The summed E-state index contributed by atoms with van der Waals surface area (Å²) in [5.74, 6) is 1.23. The van der Waals surface area contributed by atoms with Crippen LogP contribution in [0.5, 0.6) is 0 Å². The Bertz CT molecular complexity index is 714. The molecule has 2 nitrogen and oxygen atoms in total. The highest BCUT2D eigenvalue weighted by Crippen LogP contribution is 2.74. The van der Waals surface area contributed by atoms with Crippen molar-refractivity contribution in [3.8, 4) is 0 Å². The van der Waals surface area contributed by atoms with Gasteiger partial charge in [-0.3, -0.25) is 4.79 Å². The topological polar surface area (TPSA) is 29.1 Å². The summed E-state index contributed by atoms with van der Waals surface area (Å²) in [5.41, 5.74) is 2.34. The molecule has 5 fully saturated rings. The maximum Gasteiger partial charge on any atom is 0.139 e. The van der Waals surface area contributed by atoms with Crippen molar-refractivity contribution in [1.82, 2.24) is 5.32 Å². The van der Waals surface area contributed by atoms with Gasteiger partial charge in [-0.15, -0.1) is 0 Å². The van der Waals surface area contributed by atoms with Crippen LogP contribution in [0.15, 0.2) is 30.3 Å². The van der Waals surface area contributed by atoms with Crippen LogP contribution in [0.2, 0.25) is 0 Å². The third-order valence-corrected chi connectivity index (χ3v) is 8.50. The highest BCUT2D eigenvalue weighted by atomic mass is 16.1. The van der Waals surface area contributed by atoms with Crippen LogP contribution in [0.3, 0.4) is 0 Å². The normalized spacial score (nSPS) is 43.8. The molecule has 0 amide bonds. The molecule has 2 heteroatoms. The molecule has 6 rings (SSSR count). The summed E-state index contributed by atoms with van der Waals surface area (Å²) in [6.07, 6.45) is 10.5. The molecule has 0 aromatic heterocycles. The van der Waals surface area contributed by atoms with E-state index in [-0.39, 0.29) is 10.8 Å². The quantitative estimate of drug-likeness (QED) is 0.788. The van der Waals surface area contributed by atoms with Gasteiger partial charge >= 0.3 is 0 Å². The Balaban J connectivity index is 1.50. The van der Waals surface area contributed by atoms with Crippen LogP contribution in [0.1, 0.15) is 77.2 Å². The summed E-state index contributed by atoms with van der Waals surface area (Å²) in [6, 6.07) is 11.2. The van der Waals surface area contributed by atoms with Gasteiger partial charge in [-0.2, -0.15) is 0 Å². The van der Waals surface area contributed by atoms with Gasteiger partial charge in [-0.05, 0) is 92.2 Å². The molecule has 4 aliphatic carbocycles. The second kappa shape index (κ2) is 5.92. The lowest BCUT2D eigenvalue weighted by Gasteiger charge is -2.69. The molecule has 27 heavy (non-hydrogen) atoms. The first-order chi connectivity index (χ1) is 12.8. The van der Waals surface area contributed by atoms with Crippen LogP contribution in [-0.4, -0.2) is 18.9 Å². The molecule has 1 aromatic carbocycles. The smallest absolute Gasteiger partial charge is 0.139 e. The summed E-state index contributed by atoms with van der Waals surface area (Å²) >= 11 is 0. The highest BCUT2D eigenvalue weighted by Gasteiger charge is 2.67. The Hall–Kier alpha value is -1.15. The molecule has 1 heterocycles. The van der Waals surface area contributed by atoms with Gasteiger partial charge in [0.05, 0.1) is 0 Å². The number of rotatable bonds is 4. The van der Waals surface area contributed by atoms with E-state index in [0.29, 0.717) is 22.5 Å². The molecule has 2 atom stereocenters. The van der Waals surface area contributed by atoms with Crippen molar-refractivity contribution >= 4 is 5.78 Å². The lowest BCUT2D eigenvalue weighted by molar-refractivity contribution is -0.176. The maximum atomic E-state index is 13.8. The minimum Gasteiger partial charge on any atom is -0.317 e. The summed E-state index contributed by atoms with van der Waals surface area (Å²) in [4.78, 5) is 13.8. The zero-order chi connectivity index (χ0) is 18.8. The van der Waals surface area contributed by atoms with E-state index in [2.05, 4.69) is 49.5 Å². The number of carbonyl (C=O) groups is 1. The highest BCUT2D eigenvalue weighted by molar-refractivity contribution is 5.86. The number of benzene rings is 1. The van der Waals surface area contributed by atoms with E-state index in [0.717, 1.165) is 38.8 Å². The van der Waals surface area contributed by atoms with Crippen molar-refractivity contribution in [2.24, 2.45) is 22.2 Å². The molecule has 2 unspecified atom stereocenters. The fourth-order valence-corrected chi connectivity index (χ4v) is 8.65. The van der Waals surface area contributed by atoms with E-state index >= 15 is 0 Å². The van der Waals surface area contributed by atoms with Crippen LogP contribution in [0.4, 0.5) is 0 Å². The summed E-state index contributed by atoms with van der Waals surface area (Å²) in [6.45, 7) is 7.17. The minimum absolute atomic E-state index is 0.0566. The van der Waals surface area contributed by atoms with Crippen molar-refractivity contribution in [1.29, 1.82) is 0 Å². The zero-order valence-electron chi connectivity index (χ0n) is 17.2. The second-order valence-corrected chi connectivity index (χ2v) is 11.4. The molecule has 0 radical (unpaired) electrons. The third-order valence-electron chi connectivity index (χ3n) is 8.50. The van der Waals surface area contributed by atoms with E-state index < -0.39 is 0 Å². The molecule has 5 aliphatic rings. The van der Waals surface area contributed by atoms with Crippen LogP contribution in [-0.2, 0) is 10.2 Å². The van der Waals surface area contributed by atoms with E-state index in [1.54, 1.807) is 0 Å². The summed E-state index contributed by atoms with van der Waals surface area (Å²) in [5, 5.41) is 3.45. The van der Waals surface area contributed by atoms with Crippen molar-refractivity contribution in [2.45, 2.75) is 77.0 Å². The predicted octanol–water partition coefficient (Wildman–Crippen LogP) is 5.26. The molecular weight excluding hydrogens is 330 g/mol. The second-order valence-electron chi connectivity index (χ2n) is 11.4. The van der Waals surface area contributed by atoms with Gasteiger partial charge in [0.25, 0.3) is 0 Å². The van der Waals surface area contributed by atoms with Crippen LogP contribution >= 0.6 is 0 Å². The van der Waals surface area contributed by atoms with E-state index in [1.165, 1.54) is 37.7 Å². The Morgan fingerprint density at radius 1 is 0.926 bits per heavy atom. The number of Topliss-reactive ketones (excluding diaryl/α,β-unsaturated/α-hetero) is 1. The van der Waals surface area contributed by atoms with Crippen molar-refractivity contribution in [2.75, 3.05) is 13.1 Å². The Labute approximate surface area is 164 Å². The Morgan fingerprint density at radius 3 is 2.19 bits per heavy atom. The number of hydrogen-bond donors (Lipinski definition) is 1. The van der Waals surface area contributed by atoms with Gasteiger partial charge < -0.3 is 5.32 Å². The molecule has 1 N–H and O–H groups in total. The van der Waals surface area contributed by atoms with Gasteiger partial charge in [0.1, 0.15) is 5.78 Å². The molecule has 1 aliphatic heterocycles. The molecule has 4 saturated carbocycles. The van der Waals surface area contributed by atoms with Gasteiger partial charge in [-0.1, -0.05) is 44.2 Å². The van der Waals surface area contributed by atoms with Crippen LogP contribution < -0.4 is 5.32 Å². The van der Waals surface area contributed by atoms with Crippen molar-refractivity contribution < 1.29 is 4.79 Å². The molecule has 1 saturated heterocycles. The minimum atomic E-state index is -0.0566. The zero-order valence-corrected chi connectivity index (χ0v) is 17.2. The third kappa shape index (κ3) is 2.90. The average Bonchev–Trinajstić information content (AvgIpc) is 2.60. The molecule has 4 bridgehead atoms. The van der Waals surface area contributed by atoms with Crippen LogP contribution in [0, 0.1) is 22.2 Å². The number of carbonyl (C=O) groups excluding carboxylic acids is 1. The number of ketones is 1. The fraction of sp³-hybridized carbons (Fsp3) is 0.720. The standard InChI is InChI=1S/C25H35NO/c1-22-13-23(2)15-24(14-22,20-6-4-3-5-7-20)18-25(16-22,17-23)21(27)12-19-8-10-26-11-9-19/h3-7,19,26H,8-18H2,1-2H3. The Morgan fingerprint density at radius 2 is 1.56 bits per heavy atom. The number of piperidine rings is 1. The predicted molar refractivity (Wildman–Crippen MR) is 110 cm³/mol. The number of hydrogen-bond acceptors (Lipinski definition) is 2. The first-order valence-electron chi connectivity index (χ1n) is 11.1. The fourth-order valence-electron chi connectivity index (χ4n) is 8.65.